The van der Waals surface area contributed by atoms with E-state index in [-0.39, 0.29) is 11.3 Å². The maximum absolute atomic E-state index is 5.81. The Labute approximate surface area is 120 Å². The van der Waals surface area contributed by atoms with Crippen LogP contribution < -0.4 is 5.73 Å². The highest BCUT2D eigenvalue weighted by Crippen LogP contribution is 2.31. The Kier molecular flexibility index (Phi) is 4.23. The van der Waals surface area contributed by atoms with E-state index < -0.39 is 0 Å². The van der Waals surface area contributed by atoms with Crippen LogP contribution in [0.2, 0.25) is 0 Å². The number of benzene rings is 1. The summed E-state index contributed by atoms with van der Waals surface area (Å²) in [6.07, 6.45) is 0. The lowest BCUT2D eigenvalue weighted by molar-refractivity contribution is 0.319. The molecule has 0 saturated heterocycles. The van der Waals surface area contributed by atoms with E-state index in [1.807, 2.05) is 18.2 Å². The Morgan fingerprint density at radius 2 is 1.85 bits per heavy atom. The second-order valence-electron chi connectivity index (χ2n) is 6.03. The quantitative estimate of drug-likeness (QED) is 0.909. The first kappa shape index (κ1) is 14.7. The zero-order valence-corrected chi connectivity index (χ0v) is 12.6. The smallest absolute Gasteiger partial charge is 0.231 e. The molecule has 0 amide bonds. The standard InChI is InChI=1S/C16H23N3O/c1-11(2)13(10-17)14-18-15(19-20-14)16(3,4)12-8-6-5-7-9-12/h5-9,11,13H,10,17H2,1-4H3. The molecular formula is C16H23N3O. The Morgan fingerprint density at radius 3 is 2.40 bits per heavy atom. The van der Waals surface area contributed by atoms with Crippen molar-refractivity contribution >= 4 is 0 Å². The molecular weight excluding hydrogens is 250 g/mol. The molecule has 2 rings (SSSR count). The molecule has 2 aromatic rings. The average Bonchev–Trinajstić information content (AvgIpc) is 2.90. The minimum atomic E-state index is -0.279. The molecule has 4 heteroatoms. The molecule has 0 spiro atoms. The van der Waals surface area contributed by atoms with Gasteiger partial charge in [0.2, 0.25) is 5.89 Å². The molecule has 1 unspecified atom stereocenters. The van der Waals surface area contributed by atoms with E-state index in [0.29, 0.717) is 24.2 Å². The fourth-order valence-corrected chi connectivity index (χ4v) is 2.28. The first-order valence-corrected chi connectivity index (χ1v) is 7.06. The van der Waals surface area contributed by atoms with Gasteiger partial charge in [0, 0.05) is 6.54 Å². The summed E-state index contributed by atoms with van der Waals surface area (Å²) in [5.74, 6) is 1.84. The second-order valence-corrected chi connectivity index (χ2v) is 6.03. The van der Waals surface area contributed by atoms with Crippen LogP contribution in [0.25, 0.3) is 0 Å². The van der Waals surface area contributed by atoms with E-state index in [0.717, 1.165) is 0 Å². The van der Waals surface area contributed by atoms with Crippen LogP contribution in [-0.2, 0) is 5.41 Å². The molecule has 20 heavy (non-hydrogen) atoms. The third-order valence-electron chi connectivity index (χ3n) is 3.87. The van der Waals surface area contributed by atoms with Crippen molar-refractivity contribution in [3.63, 3.8) is 0 Å². The van der Waals surface area contributed by atoms with E-state index >= 15 is 0 Å². The Bertz CT molecular complexity index is 546. The van der Waals surface area contributed by atoms with Crippen LogP contribution in [0.4, 0.5) is 0 Å². The highest BCUT2D eigenvalue weighted by atomic mass is 16.5. The molecule has 1 aromatic carbocycles. The van der Waals surface area contributed by atoms with Gasteiger partial charge < -0.3 is 10.3 Å². The highest BCUT2D eigenvalue weighted by molar-refractivity contribution is 5.30. The van der Waals surface area contributed by atoms with Gasteiger partial charge in [-0.2, -0.15) is 4.98 Å². The lowest BCUT2D eigenvalue weighted by Crippen LogP contribution is -2.22. The van der Waals surface area contributed by atoms with E-state index in [2.05, 4.69) is 50.0 Å². The van der Waals surface area contributed by atoms with E-state index in [1.165, 1.54) is 5.56 Å². The number of hydrogen-bond donors (Lipinski definition) is 1. The molecule has 4 nitrogen and oxygen atoms in total. The number of rotatable bonds is 5. The van der Waals surface area contributed by atoms with E-state index in [4.69, 9.17) is 10.3 Å². The van der Waals surface area contributed by atoms with Gasteiger partial charge in [0.1, 0.15) is 0 Å². The minimum Gasteiger partial charge on any atom is -0.339 e. The SMILES string of the molecule is CC(C)C(CN)c1nc(C(C)(C)c2ccccc2)no1. The van der Waals surface area contributed by atoms with Gasteiger partial charge in [0.15, 0.2) is 5.82 Å². The zero-order valence-electron chi connectivity index (χ0n) is 12.6. The van der Waals surface area contributed by atoms with Crippen molar-refractivity contribution in [1.82, 2.24) is 10.1 Å². The summed E-state index contributed by atoms with van der Waals surface area (Å²) in [5.41, 5.74) is 6.70. The fraction of sp³-hybridized carbons (Fsp3) is 0.500. The van der Waals surface area contributed by atoms with Crippen LogP contribution in [0.15, 0.2) is 34.9 Å². The first-order valence-electron chi connectivity index (χ1n) is 7.06. The Morgan fingerprint density at radius 1 is 1.20 bits per heavy atom. The summed E-state index contributed by atoms with van der Waals surface area (Å²) in [5, 5.41) is 4.17. The lowest BCUT2D eigenvalue weighted by Gasteiger charge is -2.20. The normalized spacial score (nSPS) is 13.7. The summed E-state index contributed by atoms with van der Waals surface area (Å²) in [4.78, 5) is 4.59. The van der Waals surface area contributed by atoms with Crippen molar-refractivity contribution in [2.75, 3.05) is 6.54 Å². The second kappa shape index (κ2) is 5.75. The van der Waals surface area contributed by atoms with Crippen molar-refractivity contribution in [3.05, 3.63) is 47.6 Å². The van der Waals surface area contributed by atoms with Gasteiger partial charge in [-0.25, -0.2) is 0 Å². The molecule has 0 aliphatic carbocycles. The molecule has 0 radical (unpaired) electrons. The van der Waals surface area contributed by atoms with Gasteiger partial charge in [0.25, 0.3) is 0 Å². The number of hydrogen-bond acceptors (Lipinski definition) is 4. The van der Waals surface area contributed by atoms with Crippen LogP contribution >= 0.6 is 0 Å². The van der Waals surface area contributed by atoms with Crippen LogP contribution in [0.5, 0.6) is 0 Å². The largest absolute Gasteiger partial charge is 0.339 e. The predicted octanol–water partition coefficient (Wildman–Crippen LogP) is 3.09. The van der Waals surface area contributed by atoms with E-state index in [9.17, 15) is 0 Å². The molecule has 0 saturated carbocycles. The van der Waals surface area contributed by atoms with Crippen molar-refractivity contribution in [1.29, 1.82) is 0 Å². The molecule has 1 heterocycles. The van der Waals surface area contributed by atoms with E-state index in [1.54, 1.807) is 0 Å². The average molecular weight is 273 g/mol. The van der Waals surface area contributed by atoms with Gasteiger partial charge in [-0.1, -0.05) is 49.3 Å². The monoisotopic (exact) mass is 273 g/mol. The van der Waals surface area contributed by atoms with Gasteiger partial charge in [0.05, 0.1) is 11.3 Å². The van der Waals surface area contributed by atoms with Crippen LogP contribution in [0.3, 0.4) is 0 Å². The van der Waals surface area contributed by atoms with Crippen LogP contribution in [0.1, 0.15) is 50.9 Å². The molecule has 0 bridgehead atoms. The number of nitrogens with zero attached hydrogens (tertiary/aromatic N) is 2. The summed E-state index contributed by atoms with van der Waals surface area (Å²) >= 11 is 0. The highest BCUT2D eigenvalue weighted by Gasteiger charge is 2.30. The topological polar surface area (TPSA) is 64.9 Å². The Hall–Kier alpha value is -1.68. The van der Waals surface area contributed by atoms with Gasteiger partial charge in [-0.3, -0.25) is 0 Å². The molecule has 1 aromatic heterocycles. The summed E-state index contributed by atoms with van der Waals surface area (Å²) < 4.78 is 5.45. The third-order valence-corrected chi connectivity index (χ3v) is 3.87. The van der Waals surface area contributed by atoms with Gasteiger partial charge in [-0.05, 0) is 25.3 Å². The molecule has 0 aliphatic rings. The third kappa shape index (κ3) is 2.75. The molecule has 0 fully saturated rings. The summed E-state index contributed by atoms with van der Waals surface area (Å²) in [7, 11) is 0. The van der Waals surface area contributed by atoms with Gasteiger partial charge in [-0.15, -0.1) is 0 Å². The number of aromatic nitrogens is 2. The number of nitrogens with two attached hydrogens (primary N) is 1. The van der Waals surface area contributed by atoms with Crippen LogP contribution in [-0.4, -0.2) is 16.7 Å². The summed E-state index contributed by atoms with van der Waals surface area (Å²) in [6, 6.07) is 10.2. The zero-order chi connectivity index (χ0) is 14.8. The molecule has 1 atom stereocenters. The van der Waals surface area contributed by atoms with Crippen molar-refractivity contribution in [2.45, 2.75) is 39.0 Å². The van der Waals surface area contributed by atoms with Crippen LogP contribution in [0, 0.1) is 5.92 Å². The maximum atomic E-state index is 5.81. The summed E-state index contributed by atoms with van der Waals surface area (Å²) in [6.45, 7) is 8.95. The maximum Gasteiger partial charge on any atom is 0.231 e. The van der Waals surface area contributed by atoms with Crippen molar-refractivity contribution < 1.29 is 4.52 Å². The Balaban J connectivity index is 2.33. The van der Waals surface area contributed by atoms with Crippen molar-refractivity contribution in [3.8, 4) is 0 Å². The lowest BCUT2D eigenvalue weighted by atomic mass is 9.84. The molecule has 2 N–H and O–H groups in total. The van der Waals surface area contributed by atoms with Gasteiger partial charge >= 0.3 is 0 Å². The molecule has 0 aliphatic heterocycles. The fourth-order valence-electron chi connectivity index (χ4n) is 2.28. The predicted molar refractivity (Wildman–Crippen MR) is 79.5 cm³/mol. The minimum absolute atomic E-state index is 0.114. The molecule has 108 valence electrons. The van der Waals surface area contributed by atoms with Crippen molar-refractivity contribution in [2.24, 2.45) is 11.7 Å². The first-order chi connectivity index (χ1) is 9.46.